The van der Waals surface area contributed by atoms with Crippen LogP contribution in [0.15, 0.2) is 29.1 Å². The lowest BCUT2D eigenvalue weighted by Gasteiger charge is -2.26. The summed E-state index contributed by atoms with van der Waals surface area (Å²) in [6, 6.07) is 9.11. The summed E-state index contributed by atoms with van der Waals surface area (Å²) in [5.41, 5.74) is 0.368. The van der Waals surface area contributed by atoms with Crippen LogP contribution in [0, 0.1) is 29.1 Å². The molecule has 1 aromatic carbocycles. The summed E-state index contributed by atoms with van der Waals surface area (Å²) in [5.74, 6) is 1.62. The highest BCUT2D eigenvalue weighted by Crippen LogP contribution is 2.24. The minimum absolute atomic E-state index is 0.0191. The van der Waals surface area contributed by atoms with Crippen molar-refractivity contribution < 1.29 is 9.59 Å². The van der Waals surface area contributed by atoms with Crippen LogP contribution in [-0.4, -0.2) is 30.0 Å². The number of hydrogen-bond donors (Lipinski definition) is 2. The topological polar surface area (TPSA) is 107 Å². The number of aromatic nitrogens is 1. The van der Waals surface area contributed by atoms with Crippen LogP contribution in [-0.2, 0) is 16.1 Å². The van der Waals surface area contributed by atoms with Crippen LogP contribution < -0.4 is 30.3 Å². The molecule has 172 valence electrons. The van der Waals surface area contributed by atoms with Crippen molar-refractivity contribution in [2.45, 2.75) is 34.2 Å². The summed E-state index contributed by atoms with van der Waals surface area (Å²) in [6.45, 7) is 7.60. The molecule has 0 bridgehead atoms. The maximum absolute atomic E-state index is 12.8. The minimum atomic E-state index is -0.627. The van der Waals surface area contributed by atoms with Crippen molar-refractivity contribution in [2.24, 2.45) is 5.41 Å². The summed E-state index contributed by atoms with van der Waals surface area (Å²) >= 11 is 1.04. The number of nitrogens with one attached hydrogen (secondary N) is 2. The number of benzene rings is 1. The smallest absolute Gasteiger partial charge is 0.270 e. The van der Waals surface area contributed by atoms with Crippen LogP contribution >= 0.6 is 11.3 Å². The molecule has 2 aromatic rings. The second-order valence-electron chi connectivity index (χ2n) is 8.15. The molecule has 0 saturated heterocycles. The van der Waals surface area contributed by atoms with Gasteiger partial charge >= 0.3 is 0 Å². The van der Waals surface area contributed by atoms with Crippen molar-refractivity contribution in [2.75, 3.05) is 23.8 Å². The predicted octanol–water partition coefficient (Wildman–Crippen LogP) is 1.21. The third kappa shape index (κ3) is 5.91. The Morgan fingerprint density at radius 1 is 1.33 bits per heavy atom. The van der Waals surface area contributed by atoms with Crippen molar-refractivity contribution in [3.63, 3.8) is 0 Å². The molecule has 0 fully saturated rings. The number of amides is 2. The van der Waals surface area contributed by atoms with Gasteiger partial charge in [0.05, 0.1) is 6.54 Å². The van der Waals surface area contributed by atoms with Crippen molar-refractivity contribution in [3.8, 4) is 18.4 Å². The highest BCUT2D eigenvalue weighted by Gasteiger charge is 2.25. The lowest BCUT2D eigenvalue weighted by atomic mass is 9.94. The normalized spacial score (nSPS) is 12.4. The first-order valence-corrected chi connectivity index (χ1v) is 11.1. The van der Waals surface area contributed by atoms with E-state index in [-0.39, 0.29) is 28.2 Å². The Hall–Kier alpha value is -3.82. The number of nitriles is 1. The van der Waals surface area contributed by atoms with Crippen LogP contribution in [0.25, 0.3) is 11.8 Å². The fourth-order valence-corrected chi connectivity index (χ4v) is 4.07. The zero-order valence-corrected chi connectivity index (χ0v) is 20.2. The Bertz CT molecular complexity index is 1320. The quantitative estimate of drug-likeness (QED) is 0.624. The molecule has 0 unspecified atom stereocenters. The van der Waals surface area contributed by atoms with Gasteiger partial charge in [-0.1, -0.05) is 32.8 Å². The fourth-order valence-electron chi connectivity index (χ4n) is 2.98. The molecular formula is C24H27N5O3S. The number of carbonyl (C=O) groups is 2. The average Bonchev–Trinajstić information content (AvgIpc) is 3.10. The Labute approximate surface area is 196 Å². The van der Waals surface area contributed by atoms with E-state index in [2.05, 4.69) is 16.6 Å². The van der Waals surface area contributed by atoms with Gasteiger partial charge in [0.15, 0.2) is 5.57 Å². The first-order chi connectivity index (χ1) is 15.5. The molecule has 0 aliphatic heterocycles. The Balaban J connectivity index is 2.47. The maximum atomic E-state index is 12.8. The van der Waals surface area contributed by atoms with Gasteiger partial charge < -0.3 is 15.5 Å². The monoisotopic (exact) mass is 465 g/mol. The molecule has 2 rings (SSSR count). The molecule has 1 aromatic heterocycles. The van der Waals surface area contributed by atoms with Crippen LogP contribution in [0.4, 0.5) is 11.4 Å². The van der Waals surface area contributed by atoms with Gasteiger partial charge in [-0.15, -0.1) is 17.8 Å². The number of hydrogen-bond acceptors (Lipinski definition) is 6. The van der Waals surface area contributed by atoms with E-state index in [0.717, 1.165) is 11.3 Å². The summed E-state index contributed by atoms with van der Waals surface area (Å²) in [6.07, 6.45) is 6.69. The van der Waals surface area contributed by atoms with E-state index in [1.54, 1.807) is 31.0 Å². The van der Waals surface area contributed by atoms with Crippen molar-refractivity contribution in [3.05, 3.63) is 43.8 Å². The van der Waals surface area contributed by atoms with Gasteiger partial charge in [0.2, 0.25) is 5.91 Å². The minimum Gasteiger partial charge on any atom is -0.360 e. The van der Waals surface area contributed by atoms with Gasteiger partial charge in [-0.05, 0) is 25.1 Å². The van der Waals surface area contributed by atoms with E-state index in [1.165, 1.54) is 10.8 Å². The molecule has 0 saturated carbocycles. The van der Waals surface area contributed by atoms with Crippen LogP contribution in [0.3, 0.4) is 0 Å². The maximum Gasteiger partial charge on any atom is 0.270 e. The van der Waals surface area contributed by atoms with Crippen molar-refractivity contribution >= 4 is 46.3 Å². The van der Waals surface area contributed by atoms with Gasteiger partial charge in [0.25, 0.3) is 11.5 Å². The Morgan fingerprint density at radius 3 is 2.61 bits per heavy atom. The van der Waals surface area contributed by atoms with Gasteiger partial charge in [0, 0.05) is 36.6 Å². The lowest BCUT2D eigenvalue weighted by molar-refractivity contribution is -0.125. The molecule has 0 aliphatic rings. The molecule has 2 amide bonds. The number of thiazole rings is 1. The second kappa shape index (κ2) is 10.7. The molecule has 0 radical (unpaired) electrons. The third-order valence-electron chi connectivity index (χ3n) is 4.68. The van der Waals surface area contributed by atoms with Crippen LogP contribution in [0.2, 0.25) is 0 Å². The molecular weight excluding hydrogens is 438 g/mol. The summed E-state index contributed by atoms with van der Waals surface area (Å²) in [5, 5.41) is 15.0. The van der Waals surface area contributed by atoms with E-state index in [9.17, 15) is 19.6 Å². The van der Waals surface area contributed by atoms with Gasteiger partial charge in [-0.3, -0.25) is 19.0 Å². The van der Waals surface area contributed by atoms with E-state index in [0.29, 0.717) is 22.5 Å². The Morgan fingerprint density at radius 2 is 2.03 bits per heavy atom. The van der Waals surface area contributed by atoms with E-state index in [1.807, 2.05) is 39.0 Å². The summed E-state index contributed by atoms with van der Waals surface area (Å²) in [4.78, 5) is 39.3. The van der Waals surface area contributed by atoms with Crippen molar-refractivity contribution in [1.82, 2.24) is 9.88 Å². The summed E-state index contributed by atoms with van der Waals surface area (Å²) in [7, 11) is 1.71. The third-order valence-corrected chi connectivity index (χ3v) is 5.81. The van der Waals surface area contributed by atoms with Crippen molar-refractivity contribution in [1.29, 1.82) is 5.26 Å². The number of nitrogens with zero attached hydrogens (tertiary/aromatic N) is 3. The molecule has 0 spiro atoms. The van der Waals surface area contributed by atoms with Gasteiger partial charge in [-0.25, -0.2) is 0 Å². The fraction of sp³-hybridized carbons (Fsp3) is 0.333. The Kier molecular flexibility index (Phi) is 8.22. The summed E-state index contributed by atoms with van der Waals surface area (Å²) < 4.78 is 1.96. The zero-order chi connectivity index (χ0) is 24.8. The van der Waals surface area contributed by atoms with Gasteiger partial charge in [0.1, 0.15) is 15.3 Å². The molecule has 2 N–H and O–H groups in total. The molecule has 9 heteroatoms. The number of anilines is 2. The number of rotatable bonds is 6. The number of carbonyl (C=O) groups excluding carboxylic acids is 2. The predicted molar refractivity (Wildman–Crippen MR) is 132 cm³/mol. The lowest BCUT2D eigenvalue weighted by Crippen LogP contribution is -2.36. The second-order valence-corrected chi connectivity index (χ2v) is 9.18. The van der Waals surface area contributed by atoms with Crippen LogP contribution in [0.5, 0.6) is 0 Å². The largest absolute Gasteiger partial charge is 0.360 e. The van der Waals surface area contributed by atoms with E-state index < -0.39 is 11.3 Å². The van der Waals surface area contributed by atoms with Gasteiger partial charge in [-0.2, -0.15) is 5.26 Å². The molecule has 33 heavy (non-hydrogen) atoms. The first-order valence-electron chi connectivity index (χ1n) is 10.3. The highest BCUT2D eigenvalue weighted by molar-refractivity contribution is 7.07. The molecule has 0 aliphatic carbocycles. The molecule has 0 atom stereocenters. The zero-order valence-electron chi connectivity index (χ0n) is 19.4. The standard InChI is InChI=1S/C24H27N5O3S/c1-7-12-26-20(30)18(14-25)22-29(8-2)21(31)19(33-22)15-27-16-10-9-11-17(13-16)28(6)23(32)24(3,4)5/h1,9-11,13,15,27H,8,12H2,2-6H3,(H,26,30). The SMILES string of the molecule is C#CCNC(=O)C(C#N)=c1sc(=CNc2cccc(N(C)C(=O)C(C)(C)C)c2)c(=O)n1CC. The average molecular weight is 466 g/mol. The van der Waals surface area contributed by atoms with E-state index in [4.69, 9.17) is 6.42 Å². The van der Waals surface area contributed by atoms with Crippen LogP contribution in [0.1, 0.15) is 27.7 Å². The first kappa shape index (κ1) is 25.4. The highest BCUT2D eigenvalue weighted by atomic mass is 32.1. The molecule has 8 nitrogen and oxygen atoms in total. The number of terminal acetylenes is 1. The molecule has 1 heterocycles. The van der Waals surface area contributed by atoms with E-state index >= 15 is 0 Å².